The molecular formula is C11H12ClN3O. The molecule has 0 saturated heterocycles. The van der Waals surface area contributed by atoms with Crippen LogP contribution in [0.3, 0.4) is 0 Å². The van der Waals surface area contributed by atoms with E-state index in [0.29, 0.717) is 17.7 Å². The van der Waals surface area contributed by atoms with Crippen molar-refractivity contribution in [2.24, 2.45) is 0 Å². The van der Waals surface area contributed by atoms with Gasteiger partial charge in [-0.2, -0.15) is 0 Å². The lowest BCUT2D eigenvalue weighted by atomic mass is 10.2. The van der Waals surface area contributed by atoms with Crippen LogP contribution >= 0.6 is 11.6 Å². The van der Waals surface area contributed by atoms with E-state index in [0.717, 1.165) is 24.1 Å². The Balaban J connectivity index is 2.15. The van der Waals surface area contributed by atoms with E-state index in [-0.39, 0.29) is 0 Å². The highest BCUT2D eigenvalue weighted by molar-refractivity contribution is 6.17. The Morgan fingerprint density at radius 3 is 2.88 bits per heavy atom. The van der Waals surface area contributed by atoms with E-state index in [4.69, 9.17) is 16.0 Å². The maximum atomic E-state index is 5.59. The van der Waals surface area contributed by atoms with E-state index in [1.165, 1.54) is 0 Å². The number of halogens is 1. The summed E-state index contributed by atoms with van der Waals surface area (Å²) >= 11 is 5.59. The summed E-state index contributed by atoms with van der Waals surface area (Å²) in [7, 11) is 0. The van der Waals surface area contributed by atoms with Crippen LogP contribution in [0, 0.1) is 6.92 Å². The summed E-state index contributed by atoms with van der Waals surface area (Å²) in [5, 5.41) is 7.92. The van der Waals surface area contributed by atoms with E-state index < -0.39 is 0 Å². The highest BCUT2D eigenvalue weighted by Gasteiger charge is 2.08. The van der Waals surface area contributed by atoms with Gasteiger partial charge in [-0.15, -0.1) is 21.8 Å². The molecule has 4 nitrogen and oxygen atoms in total. The first-order chi connectivity index (χ1) is 7.79. The monoisotopic (exact) mass is 237 g/mol. The third-order valence-electron chi connectivity index (χ3n) is 2.15. The molecule has 0 radical (unpaired) electrons. The van der Waals surface area contributed by atoms with Crippen LogP contribution in [0.4, 0.5) is 0 Å². The minimum atomic E-state index is 0.511. The third kappa shape index (κ3) is 2.58. The average molecular weight is 238 g/mol. The van der Waals surface area contributed by atoms with Crippen molar-refractivity contribution in [2.45, 2.75) is 19.8 Å². The molecule has 0 amide bonds. The van der Waals surface area contributed by atoms with Crippen LogP contribution in [0.15, 0.2) is 22.7 Å². The first-order valence-corrected chi connectivity index (χ1v) is 5.64. The Kier molecular flexibility index (Phi) is 3.51. The van der Waals surface area contributed by atoms with E-state index in [1.807, 2.05) is 19.1 Å². The molecule has 16 heavy (non-hydrogen) atoms. The predicted octanol–water partition coefficient (Wildman–Crippen LogP) is 2.61. The Labute approximate surface area is 98.7 Å². The second-order valence-electron chi connectivity index (χ2n) is 3.48. The molecular weight excluding hydrogens is 226 g/mol. The van der Waals surface area contributed by atoms with Crippen molar-refractivity contribution < 1.29 is 4.42 Å². The Morgan fingerprint density at radius 2 is 2.19 bits per heavy atom. The lowest BCUT2D eigenvalue weighted by molar-refractivity contribution is 0.502. The summed E-state index contributed by atoms with van der Waals surface area (Å²) in [5.41, 5.74) is 1.81. The van der Waals surface area contributed by atoms with Gasteiger partial charge in [0.2, 0.25) is 11.8 Å². The highest BCUT2D eigenvalue weighted by Crippen LogP contribution is 2.17. The van der Waals surface area contributed by atoms with E-state index in [1.54, 1.807) is 6.20 Å². The Morgan fingerprint density at radius 1 is 1.31 bits per heavy atom. The normalized spacial score (nSPS) is 10.6. The smallest absolute Gasteiger partial charge is 0.249 e. The Bertz CT molecular complexity index is 453. The van der Waals surface area contributed by atoms with E-state index in [9.17, 15) is 0 Å². The fraction of sp³-hybridized carbons (Fsp3) is 0.364. The molecule has 0 unspecified atom stereocenters. The molecule has 2 aromatic heterocycles. The topological polar surface area (TPSA) is 51.8 Å². The number of aromatic nitrogens is 3. The van der Waals surface area contributed by atoms with E-state index in [2.05, 4.69) is 15.2 Å². The molecule has 2 rings (SSSR count). The van der Waals surface area contributed by atoms with Crippen molar-refractivity contribution in [2.75, 3.05) is 5.88 Å². The second kappa shape index (κ2) is 5.07. The van der Waals surface area contributed by atoms with Crippen LogP contribution < -0.4 is 0 Å². The zero-order valence-electron chi connectivity index (χ0n) is 8.98. The van der Waals surface area contributed by atoms with Crippen molar-refractivity contribution >= 4 is 11.6 Å². The SMILES string of the molecule is Cc1ccc(-c2nnc(CCCCl)o2)cn1. The minimum Gasteiger partial charge on any atom is -0.421 e. The number of alkyl halides is 1. The molecule has 0 fully saturated rings. The maximum Gasteiger partial charge on any atom is 0.249 e. The summed E-state index contributed by atoms with van der Waals surface area (Å²) < 4.78 is 5.49. The van der Waals surface area contributed by atoms with Crippen molar-refractivity contribution in [1.82, 2.24) is 15.2 Å². The number of rotatable bonds is 4. The summed E-state index contributed by atoms with van der Waals surface area (Å²) in [6.07, 6.45) is 3.29. The van der Waals surface area contributed by atoms with Gasteiger partial charge in [-0.25, -0.2) is 0 Å². The van der Waals surface area contributed by atoms with Gasteiger partial charge in [0.1, 0.15) is 0 Å². The molecule has 0 aliphatic heterocycles. The number of pyridine rings is 1. The first kappa shape index (κ1) is 11.1. The summed E-state index contributed by atoms with van der Waals surface area (Å²) in [6.45, 7) is 1.93. The van der Waals surface area contributed by atoms with Gasteiger partial charge in [0.05, 0.1) is 5.56 Å². The predicted molar refractivity (Wildman–Crippen MR) is 61.3 cm³/mol. The fourth-order valence-electron chi connectivity index (χ4n) is 1.28. The molecule has 2 aromatic rings. The highest BCUT2D eigenvalue weighted by atomic mass is 35.5. The molecule has 0 aromatic carbocycles. The van der Waals surface area contributed by atoms with Gasteiger partial charge in [0.25, 0.3) is 0 Å². The molecule has 5 heteroatoms. The minimum absolute atomic E-state index is 0.511. The van der Waals surface area contributed by atoms with Crippen molar-refractivity contribution in [3.05, 3.63) is 29.9 Å². The number of aryl methyl sites for hydroxylation is 2. The lowest BCUT2D eigenvalue weighted by Gasteiger charge is -1.94. The molecule has 2 heterocycles. The van der Waals surface area contributed by atoms with Crippen LogP contribution in [-0.4, -0.2) is 21.1 Å². The van der Waals surface area contributed by atoms with Crippen LogP contribution in [0.1, 0.15) is 18.0 Å². The standard InChI is InChI=1S/C11H12ClN3O/c1-8-4-5-9(7-13-8)11-15-14-10(16-11)3-2-6-12/h4-5,7H,2-3,6H2,1H3. The van der Waals surface area contributed by atoms with Crippen LogP contribution in [0.25, 0.3) is 11.5 Å². The molecule has 0 saturated carbocycles. The van der Waals surface area contributed by atoms with Gasteiger partial charge in [-0.3, -0.25) is 4.98 Å². The molecule has 0 N–H and O–H groups in total. The quantitative estimate of drug-likeness (QED) is 0.767. The molecule has 0 spiro atoms. The van der Waals surface area contributed by atoms with Crippen LogP contribution in [-0.2, 0) is 6.42 Å². The van der Waals surface area contributed by atoms with Gasteiger partial charge in [-0.05, 0) is 25.5 Å². The van der Waals surface area contributed by atoms with Crippen molar-refractivity contribution in [3.63, 3.8) is 0 Å². The summed E-state index contributed by atoms with van der Waals surface area (Å²) in [4.78, 5) is 4.18. The van der Waals surface area contributed by atoms with Gasteiger partial charge < -0.3 is 4.42 Å². The molecule has 0 bridgehead atoms. The fourth-order valence-corrected chi connectivity index (χ4v) is 1.42. The summed E-state index contributed by atoms with van der Waals surface area (Å²) in [5.74, 6) is 1.73. The van der Waals surface area contributed by atoms with Gasteiger partial charge in [0.15, 0.2) is 0 Å². The molecule has 84 valence electrons. The van der Waals surface area contributed by atoms with Crippen molar-refractivity contribution in [1.29, 1.82) is 0 Å². The molecule has 0 atom stereocenters. The van der Waals surface area contributed by atoms with Gasteiger partial charge in [0, 0.05) is 24.2 Å². The van der Waals surface area contributed by atoms with Crippen LogP contribution in [0.2, 0.25) is 0 Å². The first-order valence-electron chi connectivity index (χ1n) is 5.11. The molecule has 0 aliphatic carbocycles. The Hall–Kier alpha value is -1.42. The number of nitrogens with zero attached hydrogens (tertiary/aromatic N) is 3. The lowest BCUT2D eigenvalue weighted by Crippen LogP contribution is -1.85. The largest absolute Gasteiger partial charge is 0.421 e. The van der Waals surface area contributed by atoms with Gasteiger partial charge in [-0.1, -0.05) is 0 Å². The number of hydrogen-bond donors (Lipinski definition) is 0. The molecule has 0 aliphatic rings. The zero-order valence-corrected chi connectivity index (χ0v) is 9.74. The van der Waals surface area contributed by atoms with Crippen LogP contribution in [0.5, 0.6) is 0 Å². The van der Waals surface area contributed by atoms with E-state index >= 15 is 0 Å². The maximum absolute atomic E-state index is 5.59. The third-order valence-corrected chi connectivity index (χ3v) is 2.42. The summed E-state index contributed by atoms with van der Waals surface area (Å²) in [6, 6.07) is 3.83. The van der Waals surface area contributed by atoms with Crippen molar-refractivity contribution in [3.8, 4) is 11.5 Å². The zero-order chi connectivity index (χ0) is 11.4. The average Bonchev–Trinajstić information content (AvgIpc) is 2.76. The number of hydrogen-bond acceptors (Lipinski definition) is 4. The van der Waals surface area contributed by atoms with Gasteiger partial charge >= 0.3 is 0 Å². The second-order valence-corrected chi connectivity index (χ2v) is 3.86.